The van der Waals surface area contributed by atoms with Crippen LogP contribution in [0, 0.1) is 11.3 Å². The summed E-state index contributed by atoms with van der Waals surface area (Å²) in [4.78, 5) is 11.5. The molecule has 1 rings (SSSR count). The van der Waals surface area contributed by atoms with Gasteiger partial charge in [0.05, 0.1) is 24.3 Å². The summed E-state index contributed by atoms with van der Waals surface area (Å²) in [6.45, 7) is 0.651. The minimum atomic E-state index is -0.567. The minimum Gasteiger partial charge on any atom is -0.391 e. The summed E-state index contributed by atoms with van der Waals surface area (Å²) in [6, 6.07) is 8.95. The molecule has 0 fully saturated rings. The number of amides is 1. The van der Waals surface area contributed by atoms with Gasteiger partial charge in [-0.25, -0.2) is 0 Å². The lowest BCUT2D eigenvalue weighted by Gasteiger charge is -2.08. The van der Waals surface area contributed by atoms with Gasteiger partial charge in [0.2, 0.25) is 5.91 Å². The molecule has 0 saturated heterocycles. The van der Waals surface area contributed by atoms with Gasteiger partial charge in [0.1, 0.15) is 0 Å². The zero-order chi connectivity index (χ0) is 14.8. The number of hydrogen-bond donors (Lipinski definition) is 2. The van der Waals surface area contributed by atoms with Crippen LogP contribution in [0.5, 0.6) is 0 Å². The van der Waals surface area contributed by atoms with Crippen LogP contribution in [0.3, 0.4) is 0 Å². The van der Waals surface area contributed by atoms with E-state index in [0.717, 1.165) is 5.56 Å². The highest BCUT2D eigenvalue weighted by atomic mass is 16.5. The van der Waals surface area contributed by atoms with Crippen molar-refractivity contribution in [2.24, 2.45) is 0 Å². The van der Waals surface area contributed by atoms with Crippen LogP contribution in [0.15, 0.2) is 30.3 Å². The third-order valence-corrected chi connectivity index (χ3v) is 2.60. The third kappa shape index (κ3) is 6.14. The summed E-state index contributed by atoms with van der Waals surface area (Å²) in [6.07, 6.45) is 2.97. The molecule has 0 heterocycles. The number of carbonyl (C=O) groups is 1. The Bertz CT molecular complexity index is 489. The van der Waals surface area contributed by atoms with Gasteiger partial charge in [0.15, 0.2) is 0 Å². The smallest absolute Gasteiger partial charge is 0.244 e. The number of nitriles is 1. The second-order valence-corrected chi connectivity index (χ2v) is 4.26. The number of nitrogens with zero attached hydrogens (tertiary/aromatic N) is 1. The average molecular weight is 274 g/mol. The molecule has 1 aromatic carbocycles. The van der Waals surface area contributed by atoms with Crippen LogP contribution in [-0.2, 0) is 9.53 Å². The molecule has 0 aliphatic rings. The lowest BCUT2D eigenvalue weighted by molar-refractivity contribution is -0.116. The molecule has 20 heavy (non-hydrogen) atoms. The molecule has 0 bridgehead atoms. The van der Waals surface area contributed by atoms with Gasteiger partial charge in [-0.2, -0.15) is 5.26 Å². The van der Waals surface area contributed by atoms with E-state index in [-0.39, 0.29) is 12.5 Å². The summed E-state index contributed by atoms with van der Waals surface area (Å²) >= 11 is 0. The molecule has 0 saturated carbocycles. The summed E-state index contributed by atoms with van der Waals surface area (Å²) in [5.41, 5.74) is 1.43. The van der Waals surface area contributed by atoms with Crippen molar-refractivity contribution in [3.05, 3.63) is 41.5 Å². The Morgan fingerprint density at radius 3 is 2.80 bits per heavy atom. The number of ether oxygens (including phenoxy) is 1. The molecule has 1 aromatic rings. The van der Waals surface area contributed by atoms with E-state index in [1.165, 1.54) is 13.2 Å². The second-order valence-electron chi connectivity index (χ2n) is 4.26. The van der Waals surface area contributed by atoms with Crippen molar-refractivity contribution in [1.82, 2.24) is 5.32 Å². The van der Waals surface area contributed by atoms with E-state index >= 15 is 0 Å². The van der Waals surface area contributed by atoms with Crippen LogP contribution < -0.4 is 5.32 Å². The quantitative estimate of drug-likeness (QED) is 0.729. The van der Waals surface area contributed by atoms with E-state index in [2.05, 4.69) is 5.32 Å². The normalized spacial score (nSPS) is 12.1. The molecule has 0 aliphatic carbocycles. The van der Waals surface area contributed by atoms with Gasteiger partial charge in [-0.05, 0) is 30.2 Å². The van der Waals surface area contributed by atoms with E-state index in [0.29, 0.717) is 18.5 Å². The van der Waals surface area contributed by atoms with Crippen molar-refractivity contribution >= 4 is 12.0 Å². The Balaban J connectivity index is 2.34. The molecular formula is C15H18N2O3. The first-order valence-electron chi connectivity index (χ1n) is 6.28. The fraction of sp³-hybridized carbons (Fsp3) is 0.333. The van der Waals surface area contributed by atoms with Crippen LogP contribution in [-0.4, -0.2) is 37.4 Å². The number of aliphatic hydroxyl groups is 1. The average Bonchev–Trinajstić information content (AvgIpc) is 2.46. The van der Waals surface area contributed by atoms with Crippen LogP contribution in [0.4, 0.5) is 0 Å². The lowest BCUT2D eigenvalue weighted by Crippen LogP contribution is -2.27. The molecule has 1 amide bonds. The van der Waals surface area contributed by atoms with Gasteiger partial charge in [-0.1, -0.05) is 12.1 Å². The number of benzene rings is 1. The second kappa shape index (κ2) is 8.86. The molecular weight excluding hydrogens is 256 g/mol. The van der Waals surface area contributed by atoms with Crippen molar-refractivity contribution in [2.45, 2.75) is 12.5 Å². The van der Waals surface area contributed by atoms with Crippen LogP contribution in [0.1, 0.15) is 17.5 Å². The zero-order valence-corrected chi connectivity index (χ0v) is 11.4. The number of nitrogens with one attached hydrogen (secondary N) is 1. The maximum Gasteiger partial charge on any atom is 0.244 e. The Labute approximate surface area is 118 Å². The number of methoxy groups -OCH3 is 1. The topological polar surface area (TPSA) is 82.3 Å². The Kier molecular flexibility index (Phi) is 7.04. The largest absolute Gasteiger partial charge is 0.391 e. The molecule has 5 nitrogen and oxygen atoms in total. The van der Waals surface area contributed by atoms with E-state index in [4.69, 9.17) is 10.00 Å². The first-order chi connectivity index (χ1) is 9.65. The molecule has 1 unspecified atom stereocenters. The molecule has 0 spiro atoms. The van der Waals surface area contributed by atoms with Crippen molar-refractivity contribution < 1.29 is 14.6 Å². The molecule has 1 atom stereocenters. The van der Waals surface area contributed by atoms with E-state index in [1.807, 2.05) is 6.07 Å². The maximum atomic E-state index is 11.5. The monoisotopic (exact) mass is 274 g/mol. The van der Waals surface area contributed by atoms with Crippen molar-refractivity contribution in [2.75, 3.05) is 20.3 Å². The molecule has 5 heteroatoms. The highest BCUT2D eigenvalue weighted by molar-refractivity contribution is 5.91. The fourth-order valence-electron chi connectivity index (χ4n) is 1.54. The molecule has 0 aliphatic heterocycles. The highest BCUT2D eigenvalue weighted by Crippen LogP contribution is 2.04. The standard InChI is InChI=1S/C15H18N2O3/c1-20-11-14(18)8-9-17-15(19)7-6-12-2-4-13(10-16)5-3-12/h2-7,14,18H,8-9,11H2,1H3,(H,17,19)/b7-6+. The predicted octanol–water partition coefficient (Wildman–Crippen LogP) is 1.09. The van der Waals surface area contributed by atoms with Gasteiger partial charge in [-0.15, -0.1) is 0 Å². The van der Waals surface area contributed by atoms with Crippen LogP contribution in [0.2, 0.25) is 0 Å². The first-order valence-corrected chi connectivity index (χ1v) is 6.28. The SMILES string of the molecule is COCC(O)CCNC(=O)/C=C/c1ccc(C#N)cc1. The third-order valence-electron chi connectivity index (χ3n) is 2.60. The van der Waals surface area contributed by atoms with Gasteiger partial charge in [0.25, 0.3) is 0 Å². The fourth-order valence-corrected chi connectivity index (χ4v) is 1.54. The van der Waals surface area contributed by atoms with Crippen molar-refractivity contribution in [1.29, 1.82) is 5.26 Å². The zero-order valence-electron chi connectivity index (χ0n) is 11.4. The predicted molar refractivity (Wildman–Crippen MR) is 75.7 cm³/mol. The van der Waals surface area contributed by atoms with Crippen molar-refractivity contribution in [3.63, 3.8) is 0 Å². The lowest BCUT2D eigenvalue weighted by atomic mass is 10.1. The number of hydrogen-bond acceptors (Lipinski definition) is 4. The molecule has 106 valence electrons. The molecule has 2 N–H and O–H groups in total. The highest BCUT2D eigenvalue weighted by Gasteiger charge is 2.03. The summed E-state index contributed by atoms with van der Waals surface area (Å²) in [7, 11) is 1.52. The van der Waals surface area contributed by atoms with Gasteiger partial charge < -0.3 is 15.2 Å². The van der Waals surface area contributed by atoms with E-state index in [1.54, 1.807) is 30.3 Å². The molecule has 0 radical (unpaired) electrons. The van der Waals surface area contributed by atoms with Crippen LogP contribution >= 0.6 is 0 Å². The Morgan fingerprint density at radius 2 is 2.20 bits per heavy atom. The molecule has 0 aromatic heterocycles. The number of rotatable bonds is 7. The van der Waals surface area contributed by atoms with E-state index in [9.17, 15) is 9.90 Å². The minimum absolute atomic E-state index is 0.223. The first kappa shape index (κ1) is 15.9. The Morgan fingerprint density at radius 1 is 1.50 bits per heavy atom. The van der Waals surface area contributed by atoms with Crippen LogP contribution in [0.25, 0.3) is 6.08 Å². The van der Waals surface area contributed by atoms with Crippen molar-refractivity contribution in [3.8, 4) is 6.07 Å². The summed E-state index contributed by atoms with van der Waals surface area (Å²) < 4.78 is 4.79. The number of aliphatic hydroxyl groups excluding tert-OH is 1. The number of carbonyl (C=O) groups excluding carboxylic acids is 1. The maximum absolute atomic E-state index is 11.5. The summed E-state index contributed by atoms with van der Waals surface area (Å²) in [5.74, 6) is -0.223. The van der Waals surface area contributed by atoms with Gasteiger partial charge >= 0.3 is 0 Å². The Hall–Kier alpha value is -2.16. The van der Waals surface area contributed by atoms with E-state index < -0.39 is 6.10 Å². The summed E-state index contributed by atoms with van der Waals surface area (Å²) in [5, 5.41) is 20.7. The van der Waals surface area contributed by atoms with Gasteiger partial charge in [0, 0.05) is 19.7 Å². The van der Waals surface area contributed by atoms with Gasteiger partial charge in [-0.3, -0.25) is 4.79 Å².